The normalized spacial score (nSPS) is 11.2. The second kappa shape index (κ2) is 7.29. The van der Waals surface area contributed by atoms with E-state index >= 15 is 0 Å². The Bertz CT molecular complexity index is 732. The van der Waals surface area contributed by atoms with Gasteiger partial charge in [0, 0.05) is 13.0 Å². The van der Waals surface area contributed by atoms with Crippen LogP contribution in [0.3, 0.4) is 0 Å². The number of carbonyl (C=O) groups excluding carboxylic acids is 1. The van der Waals surface area contributed by atoms with E-state index in [-0.39, 0.29) is 12.5 Å². The van der Waals surface area contributed by atoms with E-state index in [1.165, 1.54) is 12.3 Å². The van der Waals surface area contributed by atoms with Crippen LogP contribution in [0.15, 0.2) is 30.5 Å². The van der Waals surface area contributed by atoms with Gasteiger partial charge in [-0.25, -0.2) is 9.97 Å². The molecule has 1 aromatic carbocycles. The van der Waals surface area contributed by atoms with Crippen molar-refractivity contribution < 1.29 is 18.0 Å². The molecule has 1 aromatic heterocycles. The second-order valence-electron chi connectivity index (χ2n) is 5.14. The van der Waals surface area contributed by atoms with E-state index in [9.17, 15) is 18.0 Å². The summed E-state index contributed by atoms with van der Waals surface area (Å²) in [5.74, 6) is 0.610. The number of aryl methyl sites for hydroxylation is 1. The number of hydrogen-bond donors (Lipinski definition) is 2. The maximum absolute atomic E-state index is 12.7. The van der Waals surface area contributed by atoms with E-state index in [1.807, 2.05) is 0 Å². The summed E-state index contributed by atoms with van der Waals surface area (Å²) in [4.78, 5) is 19.6. The van der Waals surface area contributed by atoms with Gasteiger partial charge in [0.15, 0.2) is 5.82 Å². The van der Waals surface area contributed by atoms with Gasteiger partial charge >= 0.3 is 6.18 Å². The molecule has 0 aliphatic carbocycles. The van der Waals surface area contributed by atoms with Crippen LogP contribution in [0.2, 0.25) is 0 Å². The average Bonchev–Trinajstić information content (AvgIpc) is 2.53. The molecule has 0 unspecified atom stereocenters. The molecule has 2 rings (SSSR count). The van der Waals surface area contributed by atoms with E-state index < -0.39 is 11.7 Å². The zero-order valence-corrected chi connectivity index (χ0v) is 13.2. The fraction of sp³-hybridized carbons (Fsp3) is 0.312. The number of rotatable bonds is 5. The summed E-state index contributed by atoms with van der Waals surface area (Å²) in [5.41, 5.74) is 0.326. The van der Waals surface area contributed by atoms with Crippen molar-refractivity contribution in [1.82, 2.24) is 9.97 Å². The summed E-state index contributed by atoms with van der Waals surface area (Å²) in [6, 6.07) is 5.08. The van der Waals surface area contributed by atoms with Gasteiger partial charge in [-0.05, 0) is 24.6 Å². The molecule has 128 valence electrons. The lowest BCUT2D eigenvalue weighted by Crippen LogP contribution is -2.13. The molecule has 0 bridgehead atoms. The first-order chi connectivity index (χ1) is 11.3. The third-order valence-corrected chi connectivity index (χ3v) is 3.25. The maximum Gasteiger partial charge on any atom is 0.416 e. The molecule has 0 saturated heterocycles. The Morgan fingerprint density at radius 1 is 1.29 bits per heavy atom. The summed E-state index contributed by atoms with van der Waals surface area (Å²) >= 11 is 0. The molecule has 0 saturated carbocycles. The standard InChI is InChI=1S/C16H17F3N4O/c1-3-14(24)23-13-9-21-15(10(2)22-13)20-8-11-5-4-6-12(7-11)16(17,18)19/h4-7,9H,3,8H2,1-2H3,(H,20,21)(H,22,23,24). The molecule has 2 aromatic rings. The predicted octanol–water partition coefficient (Wildman–Crippen LogP) is 3.76. The first-order valence-corrected chi connectivity index (χ1v) is 7.33. The summed E-state index contributed by atoms with van der Waals surface area (Å²) in [6.07, 6.45) is -2.64. The summed E-state index contributed by atoms with van der Waals surface area (Å²) < 4.78 is 38.1. The van der Waals surface area contributed by atoms with E-state index in [1.54, 1.807) is 19.9 Å². The highest BCUT2D eigenvalue weighted by atomic mass is 19.4. The molecule has 0 aliphatic rings. The van der Waals surface area contributed by atoms with Crippen LogP contribution in [0.1, 0.15) is 30.2 Å². The number of hydrogen-bond acceptors (Lipinski definition) is 4. The van der Waals surface area contributed by atoms with Gasteiger partial charge in [-0.2, -0.15) is 13.2 Å². The largest absolute Gasteiger partial charge is 0.416 e. The first-order valence-electron chi connectivity index (χ1n) is 7.33. The van der Waals surface area contributed by atoms with Crippen molar-refractivity contribution in [3.05, 3.63) is 47.3 Å². The number of amides is 1. The minimum Gasteiger partial charge on any atom is -0.364 e. The van der Waals surface area contributed by atoms with Crippen molar-refractivity contribution in [3.8, 4) is 0 Å². The second-order valence-corrected chi connectivity index (χ2v) is 5.14. The maximum atomic E-state index is 12.7. The van der Waals surface area contributed by atoms with Gasteiger partial charge in [-0.15, -0.1) is 0 Å². The fourth-order valence-corrected chi connectivity index (χ4v) is 1.99. The Morgan fingerprint density at radius 3 is 2.67 bits per heavy atom. The number of nitrogens with one attached hydrogen (secondary N) is 2. The number of anilines is 2. The van der Waals surface area contributed by atoms with Crippen LogP contribution < -0.4 is 10.6 Å². The van der Waals surface area contributed by atoms with E-state index in [0.29, 0.717) is 29.3 Å². The molecule has 0 spiro atoms. The van der Waals surface area contributed by atoms with E-state index in [0.717, 1.165) is 12.1 Å². The van der Waals surface area contributed by atoms with Crippen molar-refractivity contribution in [2.45, 2.75) is 33.0 Å². The lowest BCUT2D eigenvalue weighted by Gasteiger charge is -2.11. The summed E-state index contributed by atoms with van der Waals surface area (Å²) in [7, 11) is 0. The molecule has 1 heterocycles. The Labute approximate surface area is 137 Å². The van der Waals surface area contributed by atoms with Gasteiger partial charge in [0.25, 0.3) is 0 Å². The van der Waals surface area contributed by atoms with E-state index in [4.69, 9.17) is 0 Å². The zero-order chi connectivity index (χ0) is 17.7. The summed E-state index contributed by atoms with van der Waals surface area (Å²) in [5, 5.41) is 5.54. The van der Waals surface area contributed by atoms with Gasteiger partial charge in [0.05, 0.1) is 17.5 Å². The molecular weight excluding hydrogens is 321 g/mol. The van der Waals surface area contributed by atoms with Crippen molar-refractivity contribution in [2.24, 2.45) is 0 Å². The highest BCUT2D eigenvalue weighted by Crippen LogP contribution is 2.29. The Kier molecular flexibility index (Phi) is 5.38. The highest BCUT2D eigenvalue weighted by Gasteiger charge is 2.30. The summed E-state index contributed by atoms with van der Waals surface area (Å²) in [6.45, 7) is 3.60. The van der Waals surface area contributed by atoms with Gasteiger partial charge in [-0.3, -0.25) is 4.79 Å². The van der Waals surface area contributed by atoms with Crippen LogP contribution in [0.5, 0.6) is 0 Å². The Hall–Kier alpha value is -2.64. The number of carbonyl (C=O) groups is 1. The highest BCUT2D eigenvalue weighted by molar-refractivity contribution is 5.89. The van der Waals surface area contributed by atoms with Crippen LogP contribution >= 0.6 is 0 Å². The monoisotopic (exact) mass is 338 g/mol. The SMILES string of the molecule is CCC(=O)Nc1cnc(NCc2cccc(C(F)(F)F)c2)c(C)n1. The quantitative estimate of drug-likeness (QED) is 0.871. The molecule has 24 heavy (non-hydrogen) atoms. The van der Waals surface area contributed by atoms with Crippen molar-refractivity contribution in [2.75, 3.05) is 10.6 Å². The van der Waals surface area contributed by atoms with Crippen LogP contribution in [0.4, 0.5) is 24.8 Å². The molecule has 5 nitrogen and oxygen atoms in total. The molecule has 0 fully saturated rings. The Balaban J connectivity index is 2.06. The van der Waals surface area contributed by atoms with Crippen molar-refractivity contribution >= 4 is 17.5 Å². The lowest BCUT2D eigenvalue weighted by atomic mass is 10.1. The van der Waals surface area contributed by atoms with Gasteiger partial charge in [-0.1, -0.05) is 19.1 Å². The van der Waals surface area contributed by atoms with Crippen molar-refractivity contribution in [1.29, 1.82) is 0 Å². The number of aromatic nitrogens is 2. The third kappa shape index (κ3) is 4.68. The molecule has 0 atom stereocenters. The van der Waals surface area contributed by atoms with E-state index in [2.05, 4.69) is 20.6 Å². The topological polar surface area (TPSA) is 66.9 Å². The van der Waals surface area contributed by atoms with Crippen LogP contribution in [-0.2, 0) is 17.5 Å². The van der Waals surface area contributed by atoms with Gasteiger partial charge in [0.2, 0.25) is 5.91 Å². The van der Waals surface area contributed by atoms with Gasteiger partial charge in [0.1, 0.15) is 5.82 Å². The number of halogens is 3. The molecule has 0 aliphatic heterocycles. The smallest absolute Gasteiger partial charge is 0.364 e. The third-order valence-electron chi connectivity index (χ3n) is 3.25. The van der Waals surface area contributed by atoms with Crippen LogP contribution in [0, 0.1) is 6.92 Å². The number of alkyl halides is 3. The molecule has 8 heteroatoms. The zero-order valence-electron chi connectivity index (χ0n) is 13.2. The molecule has 0 radical (unpaired) electrons. The van der Waals surface area contributed by atoms with Gasteiger partial charge < -0.3 is 10.6 Å². The lowest BCUT2D eigenvalue weighted by molar-refractivity contribution is -0.137. The van der Waals surface area contributed by atoms with Crippen molar-refractivity contribution in [3.63, 3.8) is 0 Å². The Morgan fingerprint density at radius 2 is 2.04 bits per heavy atom. The van der Waals surface area contributed by atoms with Crippen LogP contribution in [0.25, 0.3) is 0 Å². The minimum atomic E-state index is -4.37. The number of nitrogens with zero attached hydrogens (tertiary/aromatic N) is 2. The number of benzene rings is 1. The average molecular weight is 338 g/mol. The first kappa shape index (κ1) is 17.7. The molecular formula is C16H17F3N4O. The molecule has 1 amide bonds. The minimum absolute atomic E-state index is 0.173. The predicted molar refractivity (Wildman–Crippen MR) is 84.5 cm³/mol. The fourth-order valence-electron chi connectivity index (χ4n) is 1.99. The molecule has 2 N–H and O–H groups in total. The van der Waals surface area contributed by atoms with Crippen LogP contribution in [-0.4, -0.2) is 15.9 Å².